The Morgan fingerprint density at radius 1 is 1.06 bits per heavy atom. The predicted molar refractivity (Wildman–Crippen MR) is 117 cm³/mol. The number of benzene rings is 2. The molecule has 3 aliphatic heterocycles. The first-order valence-electron chi connectivity index (χ1n) is 11.2. The van der Waals surface area contributed by atoms with Crippen molar-refractivity contribution in [1.82, 2.24) is 15.1 Å². The lowest BCUT2D eigenvalue weighted by molar-refractivity contribution is -0.137. The Labute approximate surface area is 194 Å². The number of fused-ring (bicyclic) bond motifs is 2. The molecule has 7 nitrogen and oxygen atoms in total. The number of carbonyl (C=O) groups is 4. The van der Waals surface area contributed by atoms with Gasteiger partial charge in [0.15, 0.2) is 0 Å². The van der Waals surface area contributed by atoms with E-state index in [-0.39, 0.29) is 36.3 Å². The van der Waals surface area contributed by atoms with Gasteiger partial charge in [-0.3, -0.25) is 24.5 Å². The molecule has 34 heavy (non-hydrogen) atoms. The van der Waals surface area contributed by atoms with Crippen LogP contribution in [0.4, 0.5) is 8.78 Å². The zero-order chi connectivity index (χ0) is 24.5. The van der Waals surface area contributed by atoms with Crippen LogP contribution in [-0.2, 0) is 16.1 Å². The Kier molecular flexibility index (Phi) is 5.03. The maximum Gasteiger partial charge on any atom is 0.257 e. The fourth-order valence-electron chi connectivity index (χ4n) is 5.29. The smallest absolute Gasteiger partial charge is 0.257 e. The topological polar surface area (TPSA) is 86.8 Å². The summed E-state index contributed by atoms with van der Waals surface area (Å²) in [5, 5.41) is 2.24. The third kappa shape index (κ3) is 3.13. The van der Waals surface area contributed by atoms with Gasteiger partial charge in [0.2, 0.25) is 11.8 Å². The van der Waals surface area contributed by atoms with Gasteiger partial charge >= 0.3 is 0 Å². The summed E-state index contributed by atoms with van der Waals surface area (Å²) in [7, 11) is 0. The summed E-state index contributed by atoms with van der Waals surface area (Å²) in [6, 6.07) is 3.95. The highest BCUT2D eigenvalue weighted by Crippen LogP contribution is 2.40. The molecule has 5 rings (SSSR count). The molecule has 2 aromatic carbocycles. The first-order chi connectivity index (χ1) is 16.1. The monoisotopic (exact) mass is 467 g/mol. The number of amides is 4. The number of hydrogen-bond donors (Lipinski definition) is 1. The molecule has 3 heterocycles. The molecule has 3 atom stereocenters. The minimum atomic E-state index is -0.853. The molecule has 1 saturated heterocycles. The highest BCUT2D eigenvalue weighted by molar-refractivity contribution is 6.06. The van der Waals surface area contributed by atoms with Crippen molar-refractivity contribution in [2.75, 3.05) is 0 Å². The van der Waals surface area contributed by atoms with E-state index in [0.717, 1.165) is 6.07 Å². The fourth-order valence-corrected chi connectivity index (χ4v) is 5.29. The van der Waals surface area contributed by atoms with Crippen molar-refractivity contribution >= 4 is 23.6 Å². The van der Waals surface area contributed by atoms with Gasteiger partial charge < -0.3 is 9.80 Å². The molecule has 2 aromatic rings. The normalized spacial score (nSPS) is 23.8. The largest absolute Gasteiger partial charge is 0.327 e. The summed E-state index contributed by atoms with van der Waals surface area (Å²) in [5.41, 5.74) is 1.90. The average Bonchev–Trinajstić information content (AvgIpc) is 3.25. The Morgan fingerprint density at radius 3 is 2.50 bits per heavy atom. The zero-order valence-electron chi connectivity index (χ0n) is 18.9. The molecule has 1 fully saturated rings. The van der Waals surface area contributed by atoms with E-state index in [2.05, 4.69) is 5.32 Å². The van der Waals surface area contributed by atoms with Crippen LogP contribution in [0.1, 0.15) is 81.7 Å². The summed E-state index contributed by atoms with van der Waals surface area (Å²) in [6.45, 7) is 5.14. The number of nitrogens with zero attached hydrogens (tertiary/aromatic N) is 2. The lowest BCUT2D eigenvalue weighted by Gasteiger charge is -2.32. The van der Waals surface area contributed by atoms with Crippen molar-refractivity contribution in [2.45, 2.75) is 58.3 Å². The second kappa shape index (κ2) is 7.72. The van der Waals surface area contributed by atoms with Crippen molar-refractivity contribution in [2.24, 2.45) is 0 Å². The third-order valence-electron chi connectivity index (χ3n) is 7.23. The van der Waals surface area contributed by atoms with Crippen LogP contribution in [0.2, 0.25) is 0 Å². The number of piperidine rings is 1. The Morgan fingerprint density at radius 2 is 1.79 bits per heavy atom. The fraction of sp³-hybridized carbons (Fsp3) is 0.360. The van der Waals surface area contributed by atoms with E-state index in [1.165, 1.54) is 15.9 Å². The second-order valence-electron chi connectivity index (χ2n) is 9.15. The van der Waals surface area contributed by atoms with Crippen LogP contribution in [-0.4, -0.2) is 39.5 Å². The molecular weight excluding hydrogens is 444 g/mol. The maximum absolute atomic E-state index is 15.1. The maximum atomic E-state index is 15.1. The van der Waals surface area contributed by atoms with Gasteiger partial charge in [0.25, 0.3) is 11.8 Å². The van der Waals surface area contributed by atoms with Gasteiger partial charge in [-0.1, -0.05) is 12.1 Å². The summed E-state index contributed by atoms with van der Waals surface area (Å²) >= 11 is 0. The molecule has 1 N–H and O–H groups in total. The Hall–Kier alpha value is -3.62. The number of nitrogens with one attached hydrogen (secondary N) is 1. The minimum Gasteiger partial charge on any atom is -0.327 e. The summed E-state index contributed by atoms with van der Waals surface area (Å²) in [4.78, 5) is 53.0. The van der Waals surface area contributed by atoms with Crippen LogP contribution in [0.3, 0.4) is 0 Å². The number of halogens is 2. The van der Waals surface area contributed by atoms with Gasteiger partial charge in [-0.2, -0.15) is 0 Å². The van der Waals surface area contributed by atoms with Crippen LogP contribution in [0.5, 0.6) is 0 Å². The quantitative estimate of drug-likeness (QED) is 0.687. The standard InChI is InChI=1S/C25H23F2N3O4/c1-11-4-5-14-12(2)29(10-18(14)22(11)27)24(33)17-8-15-13(3)30(25(34)16(15)9-19(17)26)20-6-7-21(31)28-23(20)32/h4-5,8-9,12-13,20H,6-7,10H2,1-3H3,(H,28,31,32)/t12-,13+,20-/m0/s1. The number of hydrogen-bond acceptors (Lipinski definition) is 4. The van der Waals surface area contributed by atoms with Gasteiger partial charge in [0.1, 0.15) is 17.7 Å². The Balaban J connectivity index is 1.47. The molecule has 0 unspecified atom stereocenters. The lowest BCUT2D eigenvalue weighted by Crippen LogP contribution is -2.53. The SMILES string of the molecule is Cc1ccc2c(c1F)CN(C(=O)c1cc3c(cc1F)C(=O)N([C@H]1CCC(=O)NC1=O)[C@@H]3C)[C@H]2C. The third-order valence-corrected chi connectivity index (χ3v) is 7.23. The van der Waals surface area contributed by atoms with Crippen LogP contribution >= 0.6 is 0 Å². The van der Waals surface area contributed by atoms with Gasteiger partial charge in [0.05, 0.1) is 17.6 Å². The van der Waals surface area contributed by atoms with E-state index in [9.17, 15) is 23.6 Å². The van der Waals surface area contributed by atoms with Gasteiger partial charge in [-0.15, -0.1) is 0 Å². The van der Waals surface area contributed by atoms with E-state index in [0.29, 0.717) is 22.3 Å². The van der Waals surface area contributed by atoms with Crippen LogP contribution in [0, 0.1) is 18.6 Å². The molecule has 0 bridgehead atoms. The summed E-state index contributed by atoms with van der Waals surface area (Å²) in [5.74, 6) is -3.30. The van der Waals surface area contributed by atoms with Crippen LogP contribution in [0.25, 0.3) is 0 Å². The first kappa shape index (κ1) is 22.2. The van der Waals surface area contributed by atoms with E-state index in [4.69, 9.17) is 0 Å². The minimum absolute atomic E-state index is 0.0241. The summed E-state index contributed by atoms with van der Waals surface area (Å²) < 4.78 is 29.8. The van der Waals surface area contributed by atoms with Crippen molar-refractivity contribution in [3.63, 3.8) is 0 Å². The second-order valence-corrected chi connectivity index (χ2v) is 9.15. The molecule has 0 saturated carbocycles. The highest BCUT2D eigenvalue weighted by atomic mass is 19.1. The number of imide groups is 1. The molecular formula is C25H23F2N3O4. The molecule has 0 spiro atoms. The molecule has 4 amide bonds. The van der Waals surface area contributed by atoms with Crippen molar-refractivity contribution in [3.8, 4) is 0 Å². The first-order valence-corrected chi connectivity index (χ1v) is 11.2. The predicted octanol–water partition coefficient (Wildman–Crippen LogP) is 3.31. The number of carbonyl (C=O) groups excluding carboxylic acids is 4. The van der Waals surface area contributed by atoms with Gasteiger partial charge in [-0.05, 0) is 56.0 Å². The van der Waals surface area contributed by atoms with E-state index in [1.807, 2.05) is 0 Å². The van der Waals surface area contributed by atoms with Crippen molar-refractivity contribution in [1.29, 1.82) is 0 Å². The average molecular weight is 467 g/mol. The van der Waals surface area contributed by atoms with Crippen molar-refractivity contribution < 1.29 is 28.0 Å². The van der Waals surface area contributed by atoms with E-state index < -0.39 is 47.6 Å². The molecule has 0 aliphatic carbocycles. The molecule has 0 aromatic heterocycles. The molecule has 176 valence electrons. The zero-order valence-corrected chi connectivity index (χ0v) is 18.9. The molecule has 0 radical (unpaired) electrons. The number of rotatable bonds is 2. The van der Waals surface area contributed by atoms with E-state index >= 15 is 4.39 Å². The molecule has 9 heteroatoms. The molecule has 3 aliphatic rings. The number of aryl methyl sites for hydroxylation is 1. The van der Waals surface area contributed by atoms with E-state index in [1.54, 1.807) is 32.9 Å². The Bertz CT molecular complexity index is 1290. The lowest BCUT2D eigenvalue weighted by atomic mass is 9.99. The van der Waals surface area contributed by atoms with Gasteiger partial charge in [-0.25, -0.2) is 8.78 Å². The van der Waals surface area contributed by atoms with Crippen molar-refractivity contribution in [3.05, 3.63) is 69.3 Å². The highest BCUT2D eigenvalue weighted by Gasteiger charge is 2.44. The summed E-state index contributed by atoms with van der Waals surface area (Å²) in [6.07, 6.45) is 0.280. The van der Waals surface area contributed by atoms with Crippen LogP contribution in [0.15, 0.2) is 24.3 Å². The van der Waals surface area contributed by atoms with Crippen LogP contribution < -0.4 is 5.32 Å². The van der Waals surface area contributed by atoms with Gasteiger partial charge in [0, 0.05) is 24.1 Å².